The number of anilines is 2. The molecule has 0 aliphatic carbocycles. The van der Waals surface area contributed by atoms with Gasteiger partial charge in [0.1, 0.15) is 12.1 Å². The van der Waals surface area contributed by atoms with Gasteiger partial charge in [0.05, 0.1) is 19.4 Å². The van der Waals surface area contributed by atoms with Crippen molar-refractivity contribution in [2.24, 2.45) is 0 Å². The summed E-state index contributed by atoms with van der Waals surface area (Å²) in [5.41, 5.74) is 0.216. The molecule has 10 nitrogen and oxygen atoms in total. The molecular formula is C22H37N5O5. The molecule has 1 aliphatic rings. The van der Waals surface area contributed by atoms with Crippen molar-refractivity contribution in [3.63, 3.8) is 0 Å². The van der Waals surface area contributed by atoms with Gasteiger partial charge in [-0.25, -0.2) is 4.79 Å². The van der Waals surface area contributed by atoms with E-state index in [-0.39, 0.29) is 24.6 Å². The van der Waals surface area contributed by atoms with Gasteiger partial charge in [-0.05, 0) is 46.6 Å². The number of hydrogen-bond donors (Lipinski definition) is 3. The van der Waals surface area contributed by atoms with E-state index in [1.54, 1.807) is 20.1 Å². The summed E-state index contributed by atoms with van der Waals surface area (Å²) in [4.78, 5) is 30.4. The number of esters is 1. The van der Waals surface area contributed by atoms with Crippen LogP contribution >= 0.6 is 0 Å². The zero-order valence-corrected chi connectivity index (χ0v) is 19.8. The first-order chi connectivity index (χ1) is 15.2. The summed E-state index contributed by atoms with van der Waals surface area (Å²) in [5, 5.41) is 9.34. The van der Waals surface area contributed by atoms with Gasteiger partial charge in [0.15, 0.2) is 5.82 Å². The van der Waals surface area contributed by atoms with Crippen LogP contribution in [0.1, 0.15) is 40.5 Å². The van der Waals surface area contributed by atoms with Crippen molar-refractivity contribution in [1.82, 2.24) is 15.2 Å². The number of likely N-dealkylation sites (tertiary alicyclic amines) is 1. The number of methoxy groups -OCH3 is 1. The number of carbonyl (C=O) groups is 2. The van der Waals surface area contributed by atoms with E-state index >= 15 is 0 Å². The molecule has 1 aromatic heterocycles. The lowest BCUT2D eigenvalue weighted by molar-refractivity contribution is -0.140. The Morgan fingerprint density at radius 2 is 1.91 bits per heavy atom. The number of rotatable bonds is 10. The van der Waals surface area contributed by atoms with Gasteiger partial charge in [0, 0.05) is 38.3 Å². The van der Waals surface area contributed by atoms with E-state index < -0.39 is 5.60 Å². The lowest BCUT2D eigenvalue weighted by Crippen LogP contribution is -2.46. The molecule has 0 aromatic carbocycles. The molecule has 2 heterocycles. The summed E-state index contributed by atoms with van der Waals surface area (Å²) in [6.45, 7) is 11.0. The highest BCUT2D eigenvalue weighted by atomic mass is 16.6. The molecule has 32 heavy (non-hydrogen) atoms. The second-order valence-corrected chi connectivity index (χ2v) is 8.60. The quantitative estimate of drug-likeness (QED) is 0.462. The maximum absolute atomic E-state index is 11.9. The minimum atomic E-state index is -0.491. The second-order valence-electron chi connectivity index (χ2n) is 8.60. The topological polar surface area (TPSA) is 114 Å². The number of nitrogens with one attached hydrogen (secondary N) is 3. The van der Waals surface area contributed by atoms with Gasteiger partial charge in [-0.15, -0.1) is 0 Å². The molecule has 0 unspecified atom stereocenters. The molecule has 0 saturated carbocycles. The third kappa shape index (κ3) is 9.17. The molecule has 180 valence electrons. The molecule has 0 bridgehead atoms. The van der Waals surface area contributed by atoms with Crippen molar-refractivity contribution >= 4 is 23.6 Å². The Morgan fingerprint density at radius 1 is 1.19 bits per heavy atom. The number of nitrogens with zero attached hydrogens (tertiary/aromatic N) is 2. The van der Waals surface area contributed by atoms with E-state index in [0.29, 0.717) is 30.5 Å². The first-order valence-corrected chi connectivity index (χ1v) is 11.1. The molecule has 0 radical (unpaired) electrons. The van der Waals surface area contributed by atoms with Crippen LogP contribution in [0.4, 0.5) is 16.3 Å². The highest BCUT2D eigenvalue weighted by molar-refractivity contribution is 5.77. The number of aromatic nitrogens is 1. The molecule has 1 saturated heterocycles. The van der Waals surface area contributed by atoms with Crippen LogP contribution < -0.4 is 20.7 Å². The van der Waals surface area contributed by atoms with Gasteiger partial charge < -0.3 is 35.1 Å². The molecule has 3 N–H and O–H groups in total. The van der Waals surface area contributed by atoms with Crippen molar-refractivity contribution in [2.45, 2.75) is 52.2 Å². The van der Waals surface area contributed by atoms with Crippen molar-refractivity contribution in [1.29, 1.82) is 0 Å². The molecule has 0 spiro atoms. The number of amides is 1. The van der Waals surface area contributed by atoms with Gasteiger partial charge in [-0.3, -0.25) is 4.79 Å². The van der Waals surface area contributed by atoms with E-state index in [1.807, 2.05) is 26.8 Å². The van der Waals surface area contributed by atoms with Crippen LogP contribution in [0.25, 0.3) is 0 Å². The Balaban J connectivity index is 1.78. The number of alkyl carbamates (subject to hydrolysis) is 1. The van der Waals surface area contributed by atoms with Crippen LogP contribution in [0, 0.1) is 0 Å². The molecule has 10 heteroatoms. The molecule has 1 aromatic rings. The minimum Gasteiger partial charge on any atom is -0.481 e. The van der Waals surface area contributed by atoms with Crippen LogP contribution in [0.3, 0.4) is 0 Å². The van der Waals surface area contributed by atoms with Crippen LogP contribution in [0.2, 0.25) is 0 Å². The molecule has 0 atom stereocenters. The Hall–Kier alpha value is -2.75. The van der Waals surface area contributed by atoms with Crippen LogP contribution in [-0.4, -0.2) is 80.0 Å². The number of piperidine rings is 1. The summed E-state index contributed by atoms with van der Waals surface area (Å²) in [6, 6.07) is 3.69. The SMILES string of the molecule is CCOC(=O)CNc1ccc(OC)nc1NCCN1CCC(NC(=O)OC(C)(C)C)CC1. The fourth-order valence-electron chi connectivity index (χ4n) is 3.32. The number of pyridine rings is 1. The minimum absolute atomic E-state index is 0.0642. The zero-order valence-electron chi connectivity index (χ0n) is 19.8. The number of hydrogen-bond acceptors (Lipinski definition) is 9. The maximum atomic E-state index is 11.9. The van der Waals surface area contributed by atoms with Gasteiger partial charge in [0.25, 0.3) is 0 Å². The summed E-state index contributed by atoms with van der Waals surface area (Å²) < 4.78 is 15.5. The largest absolute Gasteiger partial charge is 0.481 e. The Morgan fingerprint density at radius 3 is 2.53 bits per heavy atom. The van der Waals surface area contributed by atoms with Crippen LogP contribution in [0.15, 0.2) is 12.1 Å². The van der Waals surface area contributed by atoms with E-state index in [4.69, 9.17) is 14.2 Å². The number of carbonyl (C=O) groups excluding carboxylic acids is 2. The Kier molecular flexibility index (Phi) is 9.83. The van der Waals surface area contributed by atoms with Gasteiger partial charge >= 0.3 is 12.1 Å². The predicted octanol–water partition coefficient (Wildman–Crippen LogP) is 2.47. The van der Waals surface area contributed by atoms with Crippen molar-refractivity contribution in [2.75, 3.05) is 57.1 Å². The third-order valence-electron chi connectivity index (χ3n) is 4.84. The summed E-state index contributed by atoms with van der Waals surface area (Å²) in [5.74, 6) is 0.787. The molecule has 2 rings (SSSR count). The van der Waals surface area contributed by atoms with Crippen molar-refractivity contribution in [3.05, 3.63) is 12.1 Å². The molecule has 1 aliphatic heterocycles. The normalized spacial score (nSPS) is 15.0. The Bertz CT molecular complexity index is 745. The highest BCUT2D eigenvalue weighted by Crippen LogP contribution is 2.22. The summed E-state index contributed by atoms with van der Waals surface area (Å²) >= 11 is 0. The van der Waals surface area contributed by atoms with E-state index in [1.165, 1.54) is 0 Å². The van der Waals surface area contributed by atoms with Gasteiger partial charge in [0.2, 0.25) is 5.88 Å². The fourth-order valence-corrected chi connectivity index (χ4v) is 3.32. The van der Waals surface area contributed by atoms with Crippen molar-refractivity contribution < 1.29 is 23.8 Å². The highest BCUT2D eigenvalue weighted by Gasteiger charge is 2.23. The summed E-state index contributed by atoms with van der Waals surface area (Å²) in [6.07, 6.45) is 1.40. The fraction of sp³-hybridized carbons (Fsp3) is 0.682. The van der Waals surface area contributed by atoms with E-state index in [9.17, 15) is 9.59 Å². The first-order valence-electron chi connectivity index (χ1n) is 11.1. The average Bonchev–Trinajstić information content (AvgIpc) is 2.72. The maximum Gasteiger partial charge on any atom is 0.407 e. The standard InChI is InChI=1S/C22H37N5O5/c1-6-31-19(28)15-24-17-7-8-18(30-5)26-20(17)23-11-14-27-12-9-16(10-13-27)25-21(29)32-22(2,3)4/h7-8,16,24H,6,9-15H2,1-5H3,(H,23,26)(H,25,29). The van der Waals surface area contributed by atoms with Gasteiger partial charge in [-0.2, -0.15) is 4.98 Å². The smallest absolute Gasteiger partial charge is 0.407 e. The van der Waals surface area contributed by atoms with E-state index in [0.717, 1.165) is 32.5 Å². The Labute approximate surface area is 190 Å². The first kappa shape index (κ1) is 25.5. The van der Waals surface area contributed by atoms with E-state index in [2.05, 4.69) is 25.8 Å². The van der Waals surface area contributed by atoms with Crippen molar-refractivity contribution in [3.8, 4) is 5.88 Å². The third-order valence-corrected chi connectivity index (χ3v) is 4.84. The lowest BCUT2D eigenvalue weighted by Gasteiger charge is -2.32. The lowest BCUT2D eigenvalue weighted by atomic mass is 10.1. The molecule has 1 fully saturated rings. The summed E-state index contributed by atoms with van der Waals surface area (Å²) in [7, 11) is 1.56. The molecule has 1 amide bonds. The monoisotopic (exact) mass is 451 g/mol. The van der Waals surface area contributed by atoms with Gasteiger partial charge in [-0.1, -0.05) is 0 Å². The predicted molar refractivity (Wildman–Crippen MR) is 123 cm³/mol. The second kappa shape index (κ2) is 12.3. The number of ether oxygens (including phenoxy) is 3. The zero-order chi connectivity index (χ0) is 23.6. The average molecular weight is 452 g/mol. The van der Waals surface area contributed by atoms with Crippen LogP contribution in [-0.2, 0) is 14.3 Å². The van der Waals surface area contributed by atoms with Crippen LogP contribution in [0.5, 0.6) is 5.88 Å². The molecular weight excluding hydrogens is 414 g/mol.